The van der Waals surface area contributed by atoms with Crippen LogP contribution in [0, 0.1) is 0 Å². The molecule has 0 saturated heterocycles. The molecule has 1 aromatic carbocycles. The highest BCUT2D eigenvalue weighted by Crippen LogP contribution is 2.11. The lowest BCUT2D eigenvalue weighted by molar-refractivity contribution is 0.291. The van der Waals surface area contributed by atoms with Crippen LogP contribution >= 0.6 is 15.9 Å². The lowest BCUT2D eigenvalue weighted by atomic mass is 10.2. The van der Waals surface area contributed by atoms with Gasteiger partial charge in [0.2, 0.25) is 11.2 Å². The lowest BCUT2D eigenvalue weighted by Gasteiger charge is -2.04. The standard InChI is InChI=1S/C12H9BrO3/c13-10-7-15-8-11(12(10)14)16-6-9-4-2-1-3-5-9/h1-5,7-8H,6H2. The first-order chi connectivity index (χ1) is 7.77. The number of rotatable bonds is 3. The van der Waals surface area contributed by atoms with Crippen LogP contribution in [0.5, 0.6) is 5.75 Å². The fraction of sp³-hybridized carbons (Fsp3) is 0.0833. The van der Waals surface area contributed by atoms with Crippen LogP contribution in [0.25, 0.3) is 0 Å². The first kappa shape index (κ1) is 11.0. The van der Waals surface area contributed by atoms with Crippen LogP contribution in [-0.2, 0) is 6.61 Å². The van der Waals surface area contributed by atoms with E-state index in [-0.39, 0.29) is 11.2 Å². The summed E-state index contributed by atoms with van der Waals surface area (Å²) in [4.78, 5) is 11.6. The zero-order chi connectivity index (χ0) is 11.4. The maximum absolute atomic E-state index is 11.6. The van der Waals surface area contributed by atoms with Crippen molar-refractivity contribution in [2.45, 2.75) is 6.61 Å². The lowest BCUT2D eigenvalue weighted by Crippen LogP contribution is -2.07. The third kappa shape index (κ3) is 2.52. The van der Waals surface area contributed by atoms with Crippen molar-refractivity contribution in [1.82, 2.24) is 0 Å². The summed E-state index contributed by atoms with van der Waals surface area (Å²) >= 11 is 3.09. The van der Waals surface area contributed by atoms with Crippen LogP contribution in [0.3, 0.4) is 0 Å². The predicted molar refractivity (Wildman–Crippen MR) is 63.5 cm³/mol. The molecule has 2 aromatic rings. The van der Waals surface area contributed by atoms with Gasteiger partial charge >= 0.3 is 0 Å². The van der Waals surface area contributed by atoms with Gasteiger partial charge in [-0.05, 0) is 21.5 Å². The zero-order valence-electron chi connectivity index (χ0n) is 8.35. The van der Waals surface area contributed by atoms with Crippen molar-refractivity contribution in [3.05, 3.63) is 63.1 Å². The van der Waals surface area contributed by atoms with Crippen LogP contribution in [0.15, 0.2) is 56.5 Å². The van der Waals surface area contributed by atoms with Crippen molar-refractivity contribution in [1.29, 1.82) is 0 Å². The van der Waals surface area contributed by atoms with Crippen molar-refractivity contribution in [2.24, 2.45) is 0 Å². The van der Waals surface area contributed by atoms with E-state index < -0.39 is 0 Å². The number of hydrogen-bond donors (Lipinski definition) is 0. The Morgan fingerprint density at radius 1 is 1.19 bits per heavy atom. The van der Waals surface area contributed by atoms with Gasteiger partial charge in [0.05, 0.1) is 0 Å². The molecule has 0 atom stereocenters. The van der Waals surface area contributed by atoms with Crippen molar-refractivity contribution in [3.63, 3.8) is 0 Å². The van der Waals surface area contributed by atoms with Gasteiger partial charge in [-0.3, -0.25) is 4.79 Å². The molecule has 0 saturated carbocycles. The average molecular weight is 281 g/mol. The average Bonchev–Trinajstić information content (AvgIpc) is 2.32. The van der Waals surface area contributed by atoms with E-state index in [2.05, 4.69) is 15.9 Å². The zero-order valence-corrected chi connectivity index (χ0v) is 9.94. The highest BCUT2D eigenvalue weighted by Gasteiger charge is 2.05. The quantitative estimate of drug-likeness (QED) is 0.868. The molecule has 0 radical (unpaired) electrons. The fourth-order valence-electron chi connectivity index (χ4n) is 1.22. The molecule has 0 amide bonds. The van der Waals surface area contributed by atoms with Crippen molar-refractivity contribution >= 4 is 15.9 Å². The highest BCUT2D eigenvalue weighted by atomic mass is 79.9. The van der Waals surface area contributed by atoms with Crippen molar-refractivity contribution in [2.75, 3.05) is 0 Å². The SMILES string of the molecule is O=c1c(Br)cocc1OCc1ccccc1. The summed E-state index contributed by atoms with van der Waals surface area (Å²) < 4.78 is 10.7. The molecule has 82 valence electrons. The van der Waals surface area contributed by atoms with Crippen molar-refractivity contribution in [3.8, 4) is 5.75 Å². The van der Waals surface area contributed by atoms with E-state index >= 15 is 0 Å². The molecular formula is C12H9BrO3. The second kappa shape index (κ2) is 4.99. The molecule has 0 aliphatic heterocycles. The molecule has 0 bridgehead atoms. The summed E-state index contributed by atoms with van der Waals surface area (Å²) in [6.45, 7) is 0.349. The monoisotopic (exact) mass is 280 g/mol. The number of ether oxygens (including phenoxy) is 1. The third-order valence-corrected chi connectivity index (χ3v) is 2.57. The summed E-state index contributed by atoms with van der Waals surface area (Å²) in [6, 6.07) is 9.63. The molecule has 0 aliphatic rings. The predicted octanol–water partition coefficient (Wildman–Crippen LogP) is 2.98. The van der Waals surface area contributed by atoms with E-state index in [1.165, 1.54) is 12.5 Å². The normalized spacial score (nSPS) is 10.1. The Bertz CT molecular complexity index is 519. The third-order valence-electron chi connectivity index (χ3n) is 2.02. The van der Waals surface area contributed by atoms with Gasteiger partial charge in [0.25, 0.3) is 0 Å². The number of halogens is 1. The Morgan fingerprint density at radius 3 is 2.69 bits per heavy atom. The first-order valence-corrected chi connectivity index (χ1v) is 5.49. The summed E-state index contributed by atoms with van der Waals surface area (Å²) in [5.74, 6) is 0.207. The Balaban J connectivity index is 2.11. The van der Waals surface area contributed by atoms with Crippen molar-refractivity contribution < 1.29 is 9.15 Å². The maximum atomic E-state index is 11.6. The molecule has 0 fully saturated rings. The summed E-state index contributed by atoms with van der Waals surface area (Å²) in [6.07, 6.45) is 2.63. The molecule has 3 nitrogen and oxygen atoms in total. The van der Waals surface area contributed by atoms with Gasteiger partial charge in [0, 0.05) is 0 Å². The highest BCUT2D eigenvalue weighted by molar-refractivity contribution is 9.10. The molecule has 1 heterocycles. The van der Waals surface area contributed by atoms with Crippen LogP contribution in [0.1, 0.15) is 5.56 Å². The van der Waals surface area contributed by atoms with Gasteiger partial charge < -0.3 is 9.15 Å². The Hall–Kier alpha value is -1.55. The molecular weight excluding hydrogens is 272 g/mol. The molecule has 0 aliphatic carbocycles. The van der Waals surface area contributed by atoms with E-state index in [9.17, 15) is 4.79 Å². The van der Waals surface area contributed by atoms with Gasteiger partial charge in [0.15, 0.2) is 0 Å². The van der Waals surface area contributed by atoms with Gasteiger partial charge in [-0.1, -0.05) is 30.3 Å². The molecule has 16 heavy (non-hydrogen) atoms. The van der Waals surface area contributed by atoms with Gasteiger partial charge in [0.1, 0.15) is 23.6 Å². The van der Waals surface area contributed by atoms with Crippen LogP contribution < -0.4 is 10.2 Å². The molecule has 4 heteroatoms. The Morgan fingerprint density at radius 2 is 1.94 bits per heavy atom. The minimum atomic E-state index is -0.206. The van der Waals surface area contributed by atoms with Crippen LogP contribution in [0.2, 0.25) is 0 Å². The Kier molecular flexibility index (Phi) is 3.41. The molecule has 0 unspecified atom stereocenters. The second-order valence-electron chi connectivity index (χ2n) is 3.19. The van der Waals surface area contributed by atoms with Gasteiger partial charge in [-0.25, -0.2) is 0 Å². The summed E-state index contributed by atoms with van der Waals surface area (Å²) in [5, 5.41) is 0. The van der Waals surface area contributed by atoms with Gasteiger partial charge in [-0.2, -0.15) is 0 Å². The van der Waals surface area contributed by atoms with Gasteiger partial charge in [-0.15, -0.1) is 0 Å². The van der Waals surface area contributed by atoms with E-state index in [0.717, 1.165) is 5.56 Å². The first-order valence-electron chi connectivity index (χ1n) is 4.70. The molecule has 2 rings (SSSR count). The molecule has 0 spiro atoms. The number of hydrogen-bond acceptors (Lipinski definition) is 3. The van der Waals surface area contributed by atoms with Crippen LogP contribution in [0.4, 0.5) is 0 Å². The van der Waals surface area contributed by atoms with Crippen LogP contribution in [-0.4, -0.2) is 0 Å². The van der Waals surface area contributed by atoms with E-state index in [1.54, 1.807) is 0 Å². The van der Waals surface area contributed by atoms with E-state index in [4.69, 9.17) is 9.15 Å². The summed E-state index contributed by atoms with van der Waals surface area (Å²) in [5.41, 5.74) is 0.795. The fourth-order valence-corrected chi connectivity index (χ4v) is 1.52. The van der Waals surface area contributed by atoms with E-state index in [0.29, 0.717) is 11.1 Å². The molecule has 0 N–H and O–H groups in total. The molecule has 1 aromatic heterocycles. The van der Waals surface area contributed by atoms with E-state index in [1.807, 2.05) is 30.3 Å². The minimum absolute atomic E-state index is 0.206. The second-order valence-corrected chi connectivity index (χ2v) is 4.04. The maximum Gasteiger partial charge on any atom is 0.240 e. The topological polar surface area (TPSA) is 39.4 Å². The largest absolute Gasteiger partial charge is 0.482 e. The number of benzene rings is 1. The smallest absolute Gasteiger partial charge is 0.240 e. The minimum Gasteiger partial charge on any atom is -0.482 e. The summed E-state index contributed by atoms with van der Waals surface area (Å²) in [7, 11) is 0. The Labute approximate surface area is 101 Å².